The fourth-order valence-electron chi connectivity index (χ4n) is 3.11. The zero-order chi connectivity index (χ0) is 12.9. The van der Waals surface area contributed by atoms with Gasteiger partial charge in [0.1, 0.15) is 0 Å². The number of hydrogen-bond acceptors (Lipinski definition) is 1. The molecule has 2 aromatic rings. The van der Waals surface area contributed by atoms with E-state index in [1.54, 1.807) is 0 Å². The monoisotopic (exact) mass is 237 g/mol. The summed E-state index contributed by atoms with van der Waals surface area (Å²) in [5, 5.41) is 0. The average Bonchev–Trinajstić information content (AvgIpc) is 2.59. The van der Waals surface area contributed by atoms with Crippen LogP contribution in [0.4, 0.5) is 5.69 Å². The highest BCUT2D eigenvalue weighted by atomic mass is 15.1. The first-order chi connectivity index (χ1) is 8.53. The molecule has 0 N–H and O–H groups in total. The Balaban J connectivity index is 2.40. The van der Waals surface area contributed by atoms with Crippen LogP contribution in [0.25, 0.3) is 11.1 Å². The summed E-state index contributed by atoms with van der Waals surface area (Å²) in [6, 6.07) is 15.4. The second-order valence-corrected chi connectivity index (χ2v) is 5.76. The van der Waals surface area contributed by atoms with E-state index in [-0.39, 0.29) is 5.41 Å². The van der Waals surface area contributed by atoms with Crippen LogP contribution in [-0.4, -0.2) is 14.1 Å². The Labute approximate surface area is 109 Å². The summed E-state index contributed by atoms with van der Waals surface area (Å²) in [4.78, 5) is 2.21. The van der Waals surface area contributed by atoms with Gasteiger partial charge >= 0.3 is 0 Å². The van der Waals surface area contributed by atoms with Gasteiger partial charge < -0.3 is 4.90 Å². The van der Waals surface area contributed by atoms with Crippen molar-refractivity contribution >= 4 is 5.69 Å². The second kappa shape index (κ2) is 3.61. The molecule has 92 valence electrons. The maximum Gasteiger partial charge on any atom is 0.0443 e. The minimum absolute atomic E-state index is 0.109. The van der Waals surface area contributed by atoms with Crippen molar-refractivity contribution in [3.8, 4) is 11.1 Å². The zero-order valence-corrected chi connectivity index (χ0v) is 11.5. The lowest BCUT2D eigenvalue weighted by Gasteiger charge is -2.22. The van der Waals surface area contributed by atoms with Crippen LogP contribution in [0.2, 0.25) is 0 Å². The molecule has 0 bridgehead atoms. The van der Waals surface area contributed by atoms with Crippen molar-refractivity contribution in [1.82, 2.24) is 0 Å². The Morgan fingerprint density at radius 3 is 2.22 bits per heavy atom. The highest BCUT2D eigenvalue weighted by Crippen LogP contribution is 2.51. The van der Waals surface area contributed by atoms with Crippen molar-refractivity contribution < 1.29 is 0 Å². The molecule has 0 heterocycles. The Hall–Kier alpha value is -1.76. The van der Waals surface area contributed by atoms with Crippen molar-refractivity contribution in [1.29, 1.82) is 0 Å². The molecule has 0 saturated carbocycles. The highest BCUT2D eigenvalue weighted by molar-refractivity contribution is 5.89. The van der Waals surface area contributed by atoms with E-state index in [0.717, 1.165) is 0 Å². The standard InChI is InChI=1S/C17H19N/c1-17(2)13-9-6-5-8-12(13)16-14(17)10-7-11-15(16)18(3)4/h5-11H,1-4H3. The average molecular weight is 237 g/mol. The first-order valence-electron chi connectivity index (χ1n) is 6.44. The quantitative estimate of drug-likeness (QED) is 0.723. The van der Waals surface area contributed by atoms with Gasteiger partial charge in [0, 0.05) is 30.8 Å². The first-order valence-corrected chi connectivity index (χ1v) is 6.44. The van der Waals surface area contributed by atoms with Crippen LogP contribution in [0, 0.1) is 0 Å². The van der Waals surface area contributed by atoms with E-state index in [1.807, 2.05) is 0 Å². The van der Waals surface area contributed by atoms with Crippen LogP contribution >= 0.6 is 0 Å². The lowest BCUT2D eigenvalue weighted by atomic mass is 9.82. The van der Waals surface area contributed by atoms with Crippen molar-refractivity contribution in [2.75, 3.05) is 19.0 Å². The van der Waals surface area contributed by atoms with Crippen LogP contribution in [0.15, 0.2) is 42.5 Å². The Morgan fingerprint density at radius 2 is 1.50 bits per heavy atom. The van der Waals surface area contributed by atoms with E-state index in [0.29, 0.717) is 0 Å². The third-order valence-electron chi connectivity index (χ3n) is 4.07. The maximum absolute atomic E-state index is 2.32. The van der Waals surface area contributed by atoms with Gasteiger partial charge in [-0.3, -0.25) is 0 Å². The minimum atomic E-state index is 0.109. The summed E-state index contributed by atoms with van der Waals surface area (Å²) in [5.41, 5.74) is 7.09. The fraction of sp³-hybridized carbons (Fsp3) is 0.294. The molecule has 1 heteroatoms. The molecule has 1 aliphatic rings. The number of benzene rings is 2. The Kier molecular flexibility index (Phi) is 2.28. The van der Waals surface area contributed by atoms with Gasteiger partial charge in [0.05, 0.1) is 0 Å². The summed E-state index contributed by atoms with van der Waals surface area (Å²) >= 11 is 0. The van der Waals surface area contributed by atoms with Crippen molar-refractivity contribution in [2.24, 2.45) is 0 Å². The van der Waals surface area contributed by atoms with Crippen molar-refractivity contribution in [3.05, 3.63) is 53.6 Å². The van der Waals surface area contributed by atoms with E-state index >= 15 is 0 Å². The highest BCUT2D eigenvalue weighted by Gasteiger charge is 2.36. The number of rotatable bonds is 1. The molecule has 1 aliphatic carbocycles. The molecule has 0 aromatic heterocycles. The van der Waals surface area contributed by atoms with E-state index < -0.39 is 0 Å². The summed E-state index contributed by atoms with van der Waals surface area (Å²) in [6.45, 7) is 4.63. The largest absolute Gasteiger partial charge is 0.377 e. The molecule has 0 amide bonds. The molecule has 0 spiro atoms. The fourth-order valence-corrected chi connectivity index (χ4v) is 3.11. The van der Waals surface area contributed by atoms with Gasteiger partial charge in [-0.05, 0) is 22.8 Å². The molecule has 0 fully saturated rings. The smallest absolute Gasteiger partial charge is 0.0443 e. The van der Waals surface area contributed by atoms with Gasteiger partial charge in [0.2, 0.25) is 0 Å². The van der Waals surface area contributed by atoms with Gasteiger partial charge in [0.15, 0.2) is 0 Å². The normalized spacial score (nSPS) is 15.1. The van der Waals surface area contributed by atoms with Crippen LogP contribution in [0.5, 0.6) is 0 Å². The first kappa shape index (κ1) is 11.3. The summed E-state index contributed by atoms with van der Waals surface area (Å²) in [6.07, 6.45) is 0. The summed E-state index contributed by atoms with van der Waals surface area (Å²) < 4.78 is 0. The predicted molar refractivity (Wildman–Crippen MR) is 78.3 cm³/mol. The van der Waals surface area contributed by atoms with Gasteiger partial charge in [-0.25, -0.2) is 0 Å². The number of anilines is 1. The van der Waals surface area contributed by atoms with Crippen LogP contribution in [-0.2, 0) is 5.41 Å². The van der Waals surface area contributed by atoms with Gasteiger partial charge in [0.25, 0.3) is 0 Å². The SMILES string of the molecule is CN(C)c1cccc2c1-c1ccccc1C2(C)C. The van der Waals surface area contributed by atoms with Crippen LogP contribution < -0.4 is 4.90 Å². The zero-order valence-electron chi connectivity index (χ0n) is 11.5. The second-order valence-electron chi connectivity index (χ2n) is 5.76. The van der Waals surface area contributed by atoms with Crippen LogP contribution in [0.3, 0.4) is 0 Å². The third kappa shape index (κ3) is 1.34. The molecule has 1 nitrogen and oxygen atoms in total. The minimum Gasteiger partial charge on any atom is -0.377 e. The molecule has 0 radical (unpaired) electrons. The van der Waals surface area contributed by atoms with E-state index in [4.69, 9.17) is 0 Å². The lowest BCUT2D eigenvalue weighted by Crippen LogP contribution is -2.15. The Morgan fingerprint density at radius 1 is 0.833 bits per heavy atom. The molecule has 2 aromatic carbocycles. The summed E-state index contributed by atoms with van der Waals surface area (Å²) in [5.74, 6) is 0. The molecule has 18 heavy (non-hydrogen) atoms. The molecule has 0 aliphatic heterocycles. The number of nitrogens with zero attached hydrogens (tertiary/aromatic N) is 1. The molecule has 3 rings (SSSR count). The molecular weight excluding hydrogens is 218 g/mol. The van der Waals surface area contributed by atoms with Crippen molar-refractivity contribution in [2.45, 2.75) is 19.3 Å². The number of hydrogen-bond donors (Lipinski definition) is 0. The topological polar surface area (TPSA) is 3.24 Å². The predicted octanol–water partition coefficient (Wildman–Crippen LogP) is 4.06. The molecule has 0 saturated heterocycles. The van der Waals surface area contributed by atoms with Gasteiger partial charge in [-0.15, -0.1) is 0 Å². The lowest BCUT2D eigenvalue weighted by molar-refractivity contribution is 0.660. The van der Waals surface area contributed by atoms with Crippen LogP contribution in [0.1, 0.15) is 25.0 Å². The third-order valence-corrected chi connectivity index (χ3v) is 4.07. The summed E-state index contributed by atoms with van der Waals surface area (Å²) in [7, 11) is 4.23. The maximum atomic E-state index is 2.32. The molecule has 0 unspecified atom stereocenters. The van der Waals surface area contributed by atoms with E-state index in [1.165, 1.54) is 27.9 Å². The molecule has 0 atom stereocenters. The van der Waals surface area contributed by atoms with Crippen molar-refractivity contribution in [3.63, 3.8) is 0 Å². The van der Waals surface area contributed by atoms with Gasteiger partial charge in [-0.1, -0.05) is 50.2 Å². The van der Waals surface area contributed by atoms with E-state index in [9.17, 15) is 0 Å². The molecular formula is C17H19N. The van der Waals surface area contributed by atoms with Gasteiger partial charge in [-0.2, -0.15) is 0 Å². The number of fused-ring (bicyclic) bond motifs is 3. The Bertz CT molecular complexity index is 609. The van der Waals surface area contributed by atoms with E-state index in [2.05, 4.69) is 75.3 Å².